The normalized spacial score (nSPS) is 15.0. The summed E-state index contributed by atoms with van der Waals surface area (Å²) in [7, 11) is 1.62. The Morgan fingerprint density at radius 1 is 1.11 bits per heavy atom. The number of thiocarbonyl (C=S) groups is 1. The summed E-state index contributed by atoms with van der Waals surface area (Å²) in [6.45, 7) is 0.700. The van der Waals surface area contributed by atoms with Gasteiger partial charge >= 0.3 is 0 Å². The van der Waals surface area contributed by atoms with E-state index in [-0.39, 0.29) is 5.91 Å². The molecule has 2 aromatic rings. The number of halogens is 1. The van der Waals surface area contributed by atoms with Gasteiger partial charge in [-0.15, -0.1) is 0 Å². The zero-order valence-electron chi connectivity index (χ0n) is 14.4. The van der Waals surface area contributed by atoms with Crippen LogP contribution in [0.5, 0.6) is 17.2 Å². The maximum Gasteiger partial charge on any atom is 0.263 e. The van der Waals surface area contributed by atoms with Crippen molar-refractivity contribution in [2.75, 3.05) is 20.3 Å². The van der Waals surface area contributed by atoms with Gasteiger partial charge in [-0.2, -0.15) is 0 Å². The van der Waals surface area contributed by atoms with E-state index in [1.54, 1.807) is 31.4 Å². The van der Waals surface area contributed by atoms with E-state index in [0.717, 1.165) is 11.5 Å². The van der Waals surface area contributed by atoms with Gasteiger partial charge in [-0.05, 0) is 48.5 Å². The third-order valence-electron chi connectivity index (χ3n) is 3.57. The van der Waals surface area contributed by atoms with Crippen LogP contribution in [0.15, 0.2) is 47.4 Å². The molecule has 0 aliphatic carbocycles. The summed E-state index contributed by atoms with van der Waals surface area (Å²) in [4.78, 5) is 12.4. The summed E-state index contributed by atoms with van der Waals surface area (Å²) in [5.41, 5.74) is 0.703. The second kappa shape index (κ2) is 9.12. The average molecular weight is 422 g/mol. The van der Waals surface area contributed by atoms with Gasteiger partial charge in [-0.1, -0.05) is 35.6 Å². The van der Waals surface area contributed by atoms with Crippen molar-refractivity contribution in [3.8, 4) is 17.2 Å². The van der Waals surface area contributed by atoms with Crippen LogP contribution in [0.3, 0.4) is 0 Å². The van der Waals surface area contributed by atoms with Crippen molar-refractivity contribution in [1.29, 1.82) is 0 Å². The van der Waals surface area contributed by atoms with Crippen LogP contribution < -0.4 is 19.5 Å². The number of rotatable bonds is 7. The van der Waals surface area contributed by atoms with Crippen molar-refractivity contribution in [3.63, 3.8) is 0 Å². The molecule has 3 rings (SSSR count). The fourth-order valence-electron chi connectivity index (χ4n) is 2.31. The summed E-state index contributed by atoms with van der Waals surface area (Å²) in [5, 5.41) is 3.13. The van der Waals surface area contributed by atoms with Gasteiger partial charge in [-0.25, -0.2) is 0 Å². The third-order valence-corrected chi connectivity index (χ3v) is 4.97. The van der Waals surface area contributed by atoms with Crippen molar-refractivity contribution in [1.82, 2.24) is 5.32 Å². The number of amides is 1. The lowest BCUT2D eigenvalue weighted by Gasteiger charge is -2.11. The molecule has 0 aromatic heterocycles. The molecule has 1 amide bonds. The molecule has 0 bridgehead atoms. The molecule has 2 aromatic carbocycles. The average Bonchev–Trinajstić information content (AvgIpc) is 2.97. The molecule has 1 N–H and O–H groups in total. The van der Waals surface area contributed by atoms with Gasteiger partial charge in [0.1, 0.15) is 34.8 Å². The number of carbonyl (C=O) groups excluding carboxylic acids is 1. The molecule has 0 unspecified atom stereocenters. The summed E-state index contributed by atoms with van der Waals surface area (Å²) < 4.78 is 17.0. The Morgan fingerprint density at radius 2 is 1.81 bits per heavy atom. The van der Waals surface area contributed by atoms with Crippen molar-refractivity contribution in [2.24, 2.45) is 0 Å². The van der Waals surface area contributed by atoms with E-state index in [2.05, 4.69) is 5.32 Å². The minimum Gasteiger partial charge on any atom is -0.497 e. The summed E-state index contributed by atoms with van der Waals surface area (Å²) in [5.74, 6) is 1.88. The number of carbonyl (C=O) groups is 1. The van der Waals surface area contributed by atoms with Crippen LogP contribution in [0.1, 0.15) is 5.56 Å². The van der Waals surface area contributed by atoms with Gasteiger partial charge < -0.3 is 19.5 Å². The Kier molecular flexibility index (Phi) is 6.60. The summed E-state index contributed by atoms with van der Waals surface area (Å²) in [6.07, 6.45) is 1.71. The molecule has 0 atom stereocenters. The largest absolute Gasteiger partial charge is 0.497 e. The Bertz CT molecular complexity index is 884. The van der Waals surface area contributed by atoms with Crippen LogP contribution in [0.25, 0.3) is 6.08 Å². The number of benzene rings is 2. The lowest BCUT2D eigenvalue weighted by molar-refractivity contribution is -0.115. The lowest BCUT2D eigenvalue weighted by atomic mass is 10.2. The van der Waals surface area contributed by atoms with Crippen molar-refractivity contribution >= 4 is 51.9 Å². The number of nitrogens with one attached hydrogen (secondary N) is 1. The minimum atomic E-state index is -0.223. The molecule has 8 heteroatoms. The molecule has 0 saturated carbocycles. The third kappa shape index (κ3) is 5.38. The molecule has 0 radical (unpaired) electrons. The lowest BCUT2D eigenvalue weighted by Crippen LogP contribution is -2.17. The monoisotopic (exact) mass is 421 g/mol. The van der Waals surface area contributed by atoms with E-state index in [4.69, 9.17) is 38.0 Å². The Hall–Kier alpha value is -2.22. The molecule has 27 heavy (non-hydrogen) atoms. The Labute approximate surface area is 171 Å². The van der Waals surface area contributed by atoms with E-state index < -0.39 is 0 Å². The first-order valence-corrected chi connectivity index (χ1v) is 9.59. The first-order chi connectivity index (χ1) is 13.0. The van der Waals surface area contributed by atoms with Gasteiger partial charge in [0.15, 0.2) is 0 Å². The highest BCUT2D eigenvalue weighted by atomic mass is 35.5. The zero-order chi connectivity index (χ0) is 19.2. The van der Waals surface area contributed by atoms with E-state index in [0.29, 0.717) is 38.8 Å². The van der Waals surface area contributed by atoms with Crippen molar-refractivity contribution in [2.45, 2.75) is 0 Å². The van der Waals surface area contributed by atoms with Gasteiger partial charge in [0.2, 0.25) is 0 Å². The molecular weight excluding hydrogens is 406 g/mol. The molecule has 1 fully saturated rings. The van der Waals surface area contributed by atoms with E-state index in [1.165, 1.54) is 11.8 Å². The van der Waals surface area contributed by atoms with E-state index in [9.17, 15) is 4.79 Å². The van der Waals surface area contributed by atoms with E-state index in [1.807, 2.05) is 24.3 Å². The second-order valence-electron chi connectivity index (χ2n) is 5.41. The van der Waals surface area contributed by atoms with Crippen LogP contribution in [-0.4, -0.2) is 30.6 Å². The second-order valence-corrected chi connectivity index (χ2v) is 7.56. The molecule has 140 valence electrons. The van der Waals surface area contributed by atoms with Gasteiger partial charge in [0, 0.05) is 10.6 Å². The van der Waals surface area contributed by atoms with Crippen LogP contribution >= 0.6 is 35.6 Å². The number of methoxy groups -OCH3 is 1. The van der Waals surface area contributed by atoms with Gasteiger partial charge in [0.25, 0.3) is 5.91 Å². The Balaban J connectivity index is 1.62. The molecule has 5 nitrogen and oxygen atoms in total. The topological polar surface area (TPSA) is 56.8 Å². The number of hydrogen-bond donors (Lipinski definition) is 1. The van der Waals surface area contributed by atoms with Gasteiger partial charge in [-0.3, -0.25) is 4.79 Å². The van der Waals surface area contributed by atoms with Crippen LogP contribution in [0.2, 0.25) is 5.02 Å². The number of thioether (sulfide) groups is 1. The smallest absolute Gasteiger partial charge is 0.263 e. The van der Waals surface area contributed by atoms with Crippen LogP contribution in [-0.2, 0) is 4.79 Å². The van der Waals surface area contributed by atoms with Crippen molar-refractivity contribution in [3.05, 3.63) is 58.0 Å². The predicted octanol–water partition coefficient (Wildman–Crippen LogP) is 4.30. The zero-order valence-corrected chi connectivity index (χ0v) is 16.7. The standard InChI is InChI=1S/C19H16ClNO4S2/c1-23-14-3-5-15(6-4-14)24-8-9-25-16-7-2-13(20)10-12(16)11-17-18(22)21-19(26)27-17/h2-7,10-11H,8-9H2,1H3,(H,21,22,26). The maximum absolute atomic E-state index is 11.9. The number of hydrogen-bond acceptors (Lipinski definition) is 6. The van der Waals surface area contributed by atoms with E-state index >= 15 is 0 Å². The maximum atomic E-state index is 11.9. The summed E-state index contributed by atoms with van der Waals surface area (Å²) in [6, 6.07) is 12.5. The molecular formula is C19H16ClNO4S2. The molecule has 1 heterocycles. The highest BCUT2D eigenvalue weighted by Crippen LogP contribution is 2.31. The number of ether oxygens (including phenoxy) is 3. The highest BCUT2D eigenvalue weighted by Gasteiger charge is 2.22. The Morgan fingerprint density at radius 3 is 2.48 bits per heavy atom. The fraction of sp³-hybridized carbons (Fsp3) is 0.158. The molecule has 1 aliphatic heterocycles. The van der Waals surface area contributed by atoms with Gasteiger partial charge in [0.05, 0.1) is 12.0 Å². The quantitative estimate of drug-likeness (QED) is 0.408. The predicted molar refractivity (Wildman–Crippen MR) is 112 cm³/mol. The highest BCUT2D eigenvalue weighted by molar-refractivity contribution is 8.26. The molecule has 1 aliphatic rings. The van der Waals surface area contributed by atoms with Crippen LogP contribution in [0, 0.1) is 0 Å². The van der Waals surface area contributed by atoms with Crippen LogP contribution in [0.4, 0.5) is 0 Å². The van der Waals surface area contributed by atoms with Crippen molar-refractivity contribution < 1.29 is 19.0 Å². The first kappa shape index (κ1) is 19.5. The summed E-state index contributed by atoms with van der Waals surface area (Å²) >= 11 is 12.3. The fourth-order valence-corrected chi connectivity index (χ4v) is 3.52. The first-order valence-electron chi connectivity index (χ1n) is 7.99. The molecule has 0 spiro atoms. The minimum absolute atomic E-state index is 0.223. The molecule has 1 saturated heterocycles. The SMILES string of the molecule is COc1ccc(OCCOc2ccc(Cl)cc2C=C2SC(=S)NC2=O)cc1.